The topological polar surface area (TPSA) is 183 Å². The maximum atomic E-state index is 13.1. The van der Waals surface area contributed by atoms with Crippen LogP contribution in [0.15, 0.2) is 84.9 Å². The number of Topliss-reactive ketones (excluding diaryl/α,β-unsaturated/α-hetero) is 2. The molecule has 4 atom stereocenters. The minimum absolute atomic E-state index is 0. The predicted molar refractivity (Wildman–Crippen MR) is 191 cm³/mol. The lowest BCUT2D eigenvalue weighted by Gasteiger charge is -2.42. The van der Waals surface area contributed by atoms with E-state index in [1.807, 2.05) is 0 Å². The molecule has 11 nitrogen and oxygen atoms in total. The van der Waals surface area contributed by atoms with E-state index in [4.69, 9.17) is 9.47 Å². The number of hydrogen-bond acceptors (Lipinski definition) is 8. The fourth-order valence-corrected chi connectivity index (χ4v) is 6.00. The highest BCUT2D eigenvalue weighted by Crippen LogP contribution is 2.42. The number of rotatable bonds is 6. The van der Waals surface area contributed by atoms with Crippen LogP contribution in [0.2, 0.25) is 0 Å². The van der Waals surface area contributed by atoms with Gasteiger partial charge in [-0.25, -0.2) is 8.78 Å². The van der Waals surface area contributed by atoms with Crippen molar-refractivity contribution in [3.63, 3.8) is 0 Å². The predicted octanol–water partition coefficient (Wildman–Crippen LogP) is 5.24. The number of aliphatic hydroxyl groups excluding tert-OH is 2. The number of aliphatic hydroxyl groups is 2. The second kappa shape index (κ2) is 15.6. The first-order valence-electron chi connectivity index (χ1n) is 16.5. The summed E-state index contributed by atoms with van der Waals surface area (Å²) < 4.78 is 37.8. The van der Waals surface area contributed by atoms with Gasteiger partial charge in [0.2, 0.25) is 0 Å². The SMILES string of the molecule is CC(=O)c1ccc2c(c1)C(NC(=O)c1ccc(F)cc1)C(O)C(C)(C)O2.CC(=O)c1ccc2c(c1)C(NC(=O)c1ccc(F)cc1)C(O)C(C)(C)O2.O. The van der Waals surface area contributed by atoms with E-state index < -0.39 is 58.9 Å². The minimum Gasteiger partial charge on any atom is -0.485 e. The Morgan fingerprint density at radius 2 is 0.868 bits per heavy atom. The monoisotopic (exact) mass is 732 g/mol. The van der Waals surface area contributed by atoms with Crippen LogP contribution in [0.1, 0.15) is 106 Å². The van der Waals surface area contributed by atoms with Crippen molar-refractivity contribution in [2.75, 3.05) is 0 Å². The van der Waals surface area contributed by atoms with Gasteiger partial charge < -0.3 is 35.8 Å². The molecule has 0 saturated heterocycles. The molecule has 2 aliphatic heterocycles. The third kappa shape index (κ3) is 8.76. The molecule has 4 aromatic rings. The van der Waals surface area contributed by atoms with E-state index in [9.17, 15) is 38.2 Å². The Kier molecular flexibility index (Phi) is 11.9. The van der Waals surface area contributed by atoms with Crippen LogP contribution in [0.3, 0.4) is 0 Å². The summed E-state index contributed by atoms with van der Waals surface area (Å²) in [5, 5.41) is 27.0. The Morgan fingerprint density at radius 3 is 1.17 bits per heavy atom. The van der Waals surface area contributed by atoms with Crippen molar-refractivity contribution in [1.29, 1.82) is 0 Å². The fourth-order valence-electron chi connectivity index (χ4n) is 6.00. The third-order valence-electron chi connectivity index (χ3n) is 9.09. The molecule has 0 aromatic heterocycles. The Bertz CT molecular complexity index is 1870. The number of carbonyl (C=O) groups excluding carboxylic acids is 4. The zero-order valence-corrected chi connectivity index (χ0v) is 30.0. The normalized spacial score (nSPS) is 20.3. The second-order valence-electron chi connectivity index (χ2n) is 13.8. The number of carbonyl (C=O) groups is 4. The van der Waals surface area contributed by atoms with Crippen LogP contribution in [0.5, 0.6) is 11.5 Å². The second-order valence-corrected chi connectivity index (χ2v) is 13.8. The number of hydrogen-bond donors (Lipinski definition) is 4. The Labute approximate surface area is 305 Å². The molecular weight excluding hydrogens is 690 g/mol. The summed E-state index contributed by atoms with van der Waals surface area (Å²) in [5.74, 6) is -1.05. The van der Waals surface area contributed by atoms with Crippen LogP contribution in [0, 0.1) is 11.6 Å². The van der Waals surface area contributed by atoms with Gasteiger partial charge in [0.25, 0.3) is 11.8 Å². The molecule has 0 bridgehead atoms. The lowest BCUT2D eigenvalue weighted by Crippen LogP contribution is -2.53. The molecule has 53 heavy (non-hydrogen) atoms. The number of fused-ring (bicyclic) bond motifs is 2. The van der Waals surface area contributed by atoms with Crippen molar-refractivity contribution in [2.45, 2.75) is 77.0 Å². The Morgan fingerprint density at radius 1 is 0.566 bits per heavy atom. The highest BCUT2D eigenvalue weighted by molar-refractivity contribution is 5.97. The maximum Gasteiger partial charge on any atom is 0.251 e. The lowest BCUT2D eigenvalue weighted by atomic mass is 9.85. The van der Waals surface area contributed by atoms with Gasteiger partial charge in [-0.15, -0.1) is 0 Å². The largest absolute Gasteiger partial charge is 0.485 e. The molecule has 0 fully saturated rings. The number of amides is 2. The summed E-state index contributed by atoms with van der Waals surface area (Å²) in [7, 11) is 0. The molecule has 0 aliphatic carbocycles. The number of halogens is 2. The van der Waals surface area contributed by atoms with Crippen molar-refractivity contribution in [2.24, 2.45) is 0 Å². The van der Waals surface area contributed by atoms with E-state index in [-0.39, 0.29) is 28.2 Å². The van der Waals surface area contributed by atoms with E-state index in [1.165, 1.54) is 62.4 Å². The van der Waals surface area contributed by atoms with Crippen LogP contribution in [-0.2, 0) is 0 Å². The molecule has 2 aliphatic rings. The van der Waals surface area contributed by atoms with E-state index in [0.717, 1.165) is 0 Å². The first-order chi connectivity index (χ1) is 24.4. The Hall–Kier alpha value is -5.50. The Balaban J connectivity index is 0.000000232. The number of ketones is 2. The molecule has 2 amide bonds. The van der Waals surface area contributed by atoms with Gasteiger partial charge >= 0.3 is 0 Å². The quantitative estimate of drug-likeness (QED) is 0.194. The van der Waals surface area contributed by atoms with E-state index in [0.29, 0.717) is 33.8 Å². The summed E-state index contributed by atoms with van der Waals surface area (Å²) in [6.45, 7) is 9.76. The molecule has 4 unspecified atom stereocenters. The molecule has 0 saturated carbocycles. The van der Waals surface area contributed by atoms with Crippen LogP contribution in [-0.4, -0.2) is 62.5 Å². The average Bonchev–Trinajstić information content (AvgIpc) is 3.09. The van der Waals surface area contributed by atoms with E-state index >= 15 is 0 Å². The zero-order valence-electron chi connectivity index (χ0n) is 30.0. The molecule has 4 aromatic carbocycles. The molecular formula is C40H42F2N2O9. The zero-order chi connectivity index (χ0) is 38.1. The van der Waals surface area contributed by atoms with Gasteiger partial charge in [0.1, 0.15) is 46.5 Å². The third-order valence-corrected chi connectivity index (χ3v) is 9.09. The molecule has 0 spiro atoms. The fraction of sp³-hybridized carbons (Fsp3) is 0.300. The van der Waals surface area contributed by atoms with Crippen molar-refractivity contribution in [3.05, 3.63) is 130 Å². The van der Waals surface area contributed by atoms with Gasteiger partial charge in [0.05, 0.1) is 12.1 Å². The van der Waals surface area contributed by atoms with Crippen LogP contribution in [0.4, 0.5) is 8.78 Å². The van der Waals surface area contributed by atoms with E-state index in [2.05, 4.69) is 10.6 Å². The maximum absolute atomic E-state index is 13.1. The number of ether oxygens (including phenoxy) is 2. The molecule has 0 radical (unpaired) electrons. The standard InChI is InChI=1S/2C20H20FNO4.H2O/c2*1-11(23)13-6-9-16-15(10-13)17(18(24)20(2,3)26-16)22-19(25)12-4-7-14(21)8-5-12;/h2*4-10,17-18,24H,1-3H3,(H,22,25);1H2. The molecule has 6 rings (SSSR count). The average molecular weight is 733 g/mol. The van der Waals surface area contributed by atoms with Gasteiger partial charge in [-0.2, -0.15) is 0 Å². The van der Waals surface area contributed by atoms with E-state index in [1.54, 1.807) is 64.1 Å². The lowest BCUT2D eigenvalue weighted by molar-refractivity contribution is -0.0628. The highest BCUT2D eigenvalue weighted by atomic mass is 19.1. The first-order valence-corrected chi connectivity index (χ1v) is 16.5. The number of nitrogens with one attached hydrogen (secondary N) is 2. The van der Waals surface area contributed by atoms with Crippen molar-refractivity contribution in [3.8, 4) is 11.5 Å². The molecule has 6 N–H and O–H groups in total. The summed E-state index contributed by atoms with van der Waals surface area (Å²) in [5.41, 5.74) is 0.636. The van der Waals surface area contributed by atoms with Crippen LogP contribution >= 0.6 is 0 Å². The highest BCUT2D eigenvalue weighted by Gasteiger charge is 2.45. The van der Waals surface area contributed by atoms with Gasteiger partial charge in [0, 0.05) is 33.4 Å². The summed E-state index contributed by atoms with van der Waals surface area (Å²) in [4.78, 5) is 48.5. The van der Waals surface area contributed by atoms with Gasteiger partial charge in [0.15, 0.2) is 11.6 Å². The summed E-state index contributed by atoms with van der Waals surface area (Å²) in [6, 6.07) is 18.6. The number of benzene rings is 4. The van der Waals surface area contributed by atoms with Gasteiger partial charge in [-0.3, -0.25) is 19.2 Å². The first kappa shape index (κ1) is 40.3. The van der Waals surface area contributed by atoms with Crippen LogP contribution in [0.25, 0.3) is 0 Å². The molecule has 280 valence electrons. The van der Waals surface area contributed by atoms with Gasteiger partial charge in [-0.1, -0.05) is 0 Å². The molecule has 13 heteroatoms. The van der Waals surface area contributed by atoms with Crippen molar-refractivity contribution in [1.82, 2.24) is 10.6 Å². The van der Waals surface area contributed by atoms with Crippen LogP contribution < -0.4 is 20.1 Å². The van der Waals surface area contributed by atoms with Crippen molar-refractivity contribution < 1.29 is 53.1 Å². The summed E-state index contributed by atoms with van der Waals surface area (Å²) in [6.07, 6.45) is -2.08. The van der Waals surface area contributed by atoms with Gasteiger partial charge in [-0.05, 0) is 126 Å². The minimum atomic E-state index is -1.04. The molecule has 2 heterocycles. The smallest absolute Gasteiger partial charge is 0.251 e. The summed E-state index contributed by atoms with van der Waals surface area (Å²) >= 11 is 0. The van der Waals surface area contributed by atoms with Crippen molar-refractivity contribution >= 4 is 23.4 Å².